The summed E-state index contributed by atoms with van der Waals surface area (Å²) in [6.45, 7) is 2.51. The van der Waals surface area contributed by atoms with Crippen molar-refractivity contribution < 1.29 is 4.79 Å². The SMILES string of the molecule is CCN(CC#N)C(=O)c1ccccc1Br. The molecule has 0 saturated carbocycles. The fourth-order valence-corrected chi connectivity index (χ4v) is 1.67. The minimum atomic E-state index is -0.119. The van der Waals surface area contributed by atoms with Gasteiger partial charge in [0.2, 0.25) is 0 Å². The van der Waals surface area contributed by atoms with Gasteiger partial charge in [-0.2, -0.15) is 5.26 Å². The van der Waals surface area contributed by atoms with Crippen LogP contribution in [-0.4, -0.2) is 23.9 Å². The molecule has 0 aliphatic carbocycles. The van der Waals surface area contributed by atoms with Gasteiger partial charge in [0.15, 0.2) is 0 Å². The summed E-state index contributed by atoms with van der Waals surface area (Å²) in [6.07, 6.45) is 0. The number of halogens is 1. The highest BCUT2D eigenvalue weighted by Gasteiger charge is 2.15. The van der Waals surface area contributed by atoms with Gasteiger partial charge in [0, 0.05) is 11.0 Å². The summed E-state index contributed by atoms with van der Waals surface area (Å²) in [6, 6.07) is 9.19. The lowest BCUT2D eigenvalue weighted by molar-refractivity contribution is 0.0783. The molecule has 15 heavy (non-hydrogen) atoms. The number of nitrogens with zero attached hydrogens (tertiary/aromatic N) is 2. The quantitative estimate of drug-likeness (QED) is 0.789. The summed E-state index contributed by atoms with van der Waals surface area (Å²) in [5.41, 5.74) is 0.592. The van der Waals surface area contributed by atoms with Crippen LogP contribution >= 0.6 is 15.9 Å². The van der Waals surface area contributed by atoms with Crippen molar-refractivity contribution in [3.63, 3.8) is 0 Å². The molecule has 0 bridgehead atoms. The summed E-state index contributed by atoms with van der Waals surface area (Å²) in [4.78, 5) is 13.4. The van der Waals surface area contributed by atoms with Crippen LogP contribution in [0.2, 0.25) is 0 Å². The predicted octanol–water partition coefficient (Wildman–Crippen LogP) is 2.43. The van der Waals surface area contributed by atoms with Gasteiger partial charge in [0.25, 0.3) is 5.91 Å². The fraction of sp³-hybridized carbons (Fsp3) is 0.273. The largest absolute Gasteiger partial charge is 0.326 e. The average Bonchev–Trinajstić information content (AvgIpc) is 2.25. The van der Waals surface area contributed by atoms with E-state index in [-0.39, 0.29) is 12.5 Å². The molecule has 3 nitrogen and oxygen atoms in total. The Balaban J connectivity index is 2.94. The topological polar surface area (TPSA) is 44.1 Å². The lowest BCUT2D eigenvalue weighted by Crippen LogP contribution is -2.31. The van der Waals surface area contributed by atoms with E-state index < -0.39 is 0 Å². The Morgan fingerprint density at radius 1 is 1.53 bits per heavy atom. The zero-order valence-corrected chi connectivity index (χ0v) is 9.99. The molecule has 1 aromatic rings. The summed E-state index contributed by atoms with van der Waals surface area (Å²) < 4.78 is 0.756. The second kappa shape index (κ2) is 5.52. The van der Waals surface area contributed by atoms with E-state index in [0.717, 1.165) is 4.47 Å². The van der Waals surface area contributed by atoms with Gasteiger partial charge in [0.05, 0.1) is 11.6 Å². The number of benzene rings is 1. The normalized spacial score (nSPS) is 9.40. The Labute approximate surface area is 97.4 Å². The minimum absolute atomic E-state index is 0.119. The van der Waals surface area contributed by atoms with Crippen LogP contribution in [0.3, 0.4) is 0 Å². The molecule has 0 radical (unpaired) electrons. The van der Waals surface area contributed by atoms with Crippen LogP contribution in [0, 0.1) is 11.3 Å². The average molecular weight is 267 g/mol. The third-order valence-electron chi connectivity index (χ3n) is 2.03. The monoisotopic (exact) mass is 266 g/mol. The van der Waals surface area contributed by atoms with Gasteiger partial charge < -0.3 is 4.90 Å². The summed E-state index contributed by atoms with van der Waals surface area (Å²) in [7, 11) is 0. The van der Waals surface area contributed by atoms with E-state index in [2.05, 4.69) is 15.9 Å². The number of nitriles is 1. The van der Waals surface area contributed by atoms with Gasteiger partial charge in [-0.25, -0.2) is 0 Å². The van der Waals surface area contributed by atoms with Crippen LogP contribution in [0.1, 0.15) is 17.3 Å². The van der Waals surface area contributed by atoms with Crippen molar-refractivity contribution in [2.24, 2.45) is 0 Å². The first kappa shape index (κ1) is 11.7. The molecule has 0 saturated heterocycles. The molecule has 0 aromatic heterocycles. The van der Waals surface area contributed by atoms with E-state index in [1.165, 1.54) is 4.90 Å². The highest BCUT2D eigenvalue weighted by molar-refractivity contribution is 9.10. The highest BCUT2D eigenvalue weighted by Crippen LogP contribution is 2.17. The van der Waals surface area contributed by atoms with Crippen molar-refractivity contribution in [2.75, 3.05) is 13.1 Å². The van der Waals surface area contributed by atoms with Gasteiger partial charge in [-0.3, -0.25) is 4.79 Å². The molecule has 1 aromatic carbocycles. The Morgan fingerprint density at radius 2 is 2.20 bits per heavy atom. The van der Waals surface area contributed by atoms with E-state index >= 15 is 0 Å². The maximum absolute atomic E-state index is 11.9. The molecule has 0 atom stereocenters. The number of carbonyl (C=O) groups is 1. The lowest BCUT2D eigenvalue weighted by Gasteiger charge is -2.17. The van der Waals surface area contributed by atoms with Crippen LogP contribution in [0.15, 0.2) is 28.7 Å². The summed E-state index contributed by atoms with van der Waals surface area (Å²) >= 11 is 3.32. The molecule has 0 aliphatic heterocycles. The zero-order chi connectivity index (χ0) is 11.3. The van der Waals surface area contributed by atoms with Crippen LogP contribution in [0.25, 0.3) is 0 Å². The first-order chi connectivity index (χ1) is 7.20. The standard InChI is InChI=1S/C11H11BrN2O/c1-2-14(8-7-13)11(15)9-5-3-4-6-10(9)12/h3-6H,2,8H2,1H3. The Hall–Kier alpha value is -1.34. The molecule has 1 amide bonds. The first-order valence-electron chi connectivity index (χ1n) is 4.61. The number of rotatable bonds is 3. The number of amides is 1. The third kappa shape index (κ3) is 2.80. The van der Waals surface area contributed by atoms with Crippen molar-refractivity contribution >= 4 is 21.8 Å². The molecule has 0 aliphatic rings. The number of hydrogen-bond acceptors (Lipinski definition) is 2. The van der Waals surface area contributed by atoms with E-state index in [9.17, 15) is 4.79 Å². The van der Waals surface area contributed by atoms with Crippen LogP contribution < -0.4 is 0 Å². The summed E-state index contributed by atoms with van der Waals surface area (Å²) in [5.74, 6) is -0.119. The van der Waals surface area contributed by atoms with Crippen LogP contribution in [0.4, 0.5) is 0 Å². The second-order valence-electron chi connectivity index (χ2n) is 2.96. The van der Waals surface area contributed by atoms with Gasteiger partial charge >= 0.3 is 0 Å². The van der Waals surface area contributed by atoms with E-state index in [0.29, 0.717) is 12.1 Å². The molecular formula is C11H11BrN2O. The fourth-order valence-electron chi connectivity index (χ4n) is 1.22. The van der Waals surface area contributed by atoms with Gasteiger partial charge in [-0.05, 0) is 35.0 Å². The smallest absolute Gasteiger partial charge is 0.255 e. The first-order valence-corrected chi connectivity index (χ1v) is 5.40. The van der Waals surface area contributed by atoms with E-state index in [1.807, 2.05) is 25.1 Å². The van der Waals surface area contributed by atoms with Crippen LogP contribution in [-0.2, 0) is 0 Å². The van der Waals surface area contributed by atoms with E-state index in [4.69, 9.17) is 5.26 Å². The minimum Gasteiger partial charge on any atom is -0.326 e. The Kier molecular flexibility index (Phi) is 4.32. The molecule has 0 spiro atoms. The maximum Gasteiger partial charge on any atom is 0.255 e. The van der Waals surface area contributed by atoms with E-state index in [1.54, 1.807) is 12.1 Å². The zero-order valence-electron chi connectivity index (χ0n) is 8.40. The van der Waals surface area contributed by atoms with Gasteiger partial charge in [-0.1, -0.05) is 12.1 Å². The van der Waals surface area contributed by atoms with Crippen molar-refractivity contribution in [3.05, 3.63) is 34.3 Å². The molecular weight excluding hydrogens is 256 g/mol. The third-order valence-corrected chi connectivity index (χ3v) is 2.73. The van der Waals surface area contributed by atoms with Crippen molar-refractivity contribution in [1.82, 2.24) is 4.90 Å². The van der Waals surface area contributed by atoms with Gasteiger partial charge in [-0.15, -0.1) is 0 Å². The predicted molar refractivity (Wildman–Crippen MR) is 61.3 cm³/mol. The number of hydrogen-bond donors (Lipinski definition) is 0. The molecule has 0 unspecified atom stereocenters. The second-order valence-corrected chi connectivity index (χ2v) is 3.81. The van der Waals surface area contributed by atoms with Gasteiger partial charge in [0.1, 0.15) is 6.54 Å². The maximum atomic E-state index is 11.9. The molecule has 0 fully saturated rings. The Morgan fingerprint density at radius 3 is 2.73 bits per heavy atom. The molecule has 78 valence electrons. The molecule has 0 N–H and O–H groups in total. The summed E-state index contributed by atoms with van der Waals surface area (Å²) in [5, 5.41) is 8.58. The van der Waals surface area contributed by atoms with Crippen molar-refractivity contribution in [2.45, 2.75) is 6.92 Å². The molecule has 4 heteroatoms. The number of carbonyl (C=O) groups excluding carboxylic acids is 1. The Bertz CT molecular complexity index is 398. The lowest BCUT2D eigenvalue weighted by atomic mass is 10.2. The highest BCUT2D eigenvalue weighted by atomic mass is 79.9. The molecule has 0 heterocycles. The van der Waals surface area contributed by atoms with Crippen molar-refractivity contribution in [1.29, 1.82) is 5.26 Å². The van der Waals surface area contributed by atoms with Crippen molar-refractivity contribution in [3.8, 4) is 6.07 Å². The van der Waals surface area contributed by atoms with Crippen LogP contribution in [0.5, 0.6) is 0 Å². The molecule has 1 rings (SSSR count).